The van der Waals surface area contributed by atoms with E-state index in [0.717, 1.165) is 16.9 Å². The Hall–Kier alpha value is -2.15. The van der Waals surface area contributed by atoms with Gasteiger partial charge in [0.25, 0.3) is 11.7 Å². The van der Waals surface area contributed by atoms with E-state index in [1.54, 1.807) is 17.0 Å². The van der Waals surface area contributed by atoms with Gasteiger partial charge in [0, 0.05) is 32.1 Å². The number of hydrogen-bond acceptors (Lipinski definition) is 4. The van der Waals surface area contributed by atoms with Crippen molar-refractivity contribution >= 4 is 17.7 Å². The van der Waals surface area contributed by atoms with E-state index in [-0.39, 0.29) is 22.6 Å². The third kappa shape index (κ3) is 4.77. The monoisotopic (exact) mass is 392 g/mol. The molecule has 1 saturated heterocycles. The van der Waals surface area contributed by atoms with Crippen molar-refractivity contribution in [2.75, 3.05) is 13.1 Å². The van der Waals surface area contributed by atoms with E-state index in [2.05, 4.69) is 4.98 Å². The number of rotatable bonds is 5. The molecule has 0 radical (unpaired) electrons. The maximum absolute atomic E-state index is 12.8. The molecule has 2 heterocycles. The van der Waals surface area contributed by atoms with Crippen LogP contribution in [-0.2, 0) is 0 Å². The highest BCUT2D eigenvalue weighted by atomic mass is 32.2. The molecule has 3 rings (SSSR count). The first kappa shape index (κ1) is 19.6. The van der Waals surface area contributed by atoms with Crippen molar-refractivity contribution in [3.8, 4) is 5.75 Å². The number of nitrogens with zero attached hydrogens (tertiary/aromatic N) is 2. The van der Waals surface area contributed by atoms with E-state index >= 15 is 0 Å². The molecule has 1 amide bonds. The van der Waals surface area contributed by atoms with Gasteiger partial charge in [-0.15, -0.1) is 0 Å². The molecule has 1 aliphatic rings. The van der Waals surface area contributed by atoms with Gasteiger partial charge in [0.1, 0.15) is 16.9 Å². The van der Waals surface area contributed by atoms with Gasteiger partial charge in [0.15, 0.2) is 0 Å². The van der Waals surface area contributed by atoms with Gasteiger partial charge >= 0.3 is 0 Å². The molecule has 4 nitrogen and oxygen atoms in total. The van der Waals surface area contributed by atoms with Crippen molar-refractivity contribution < 1.29 is 18.3 Å². The van der Waals surface area contributed by atoms with Gasteiger partial charge in [-0.25, -0.2) is 4.98 Å². The molecule has 1 aromatic heterocycles. The molecular weight excluding hydrogens is 370 g/mol. The molecule has 0 aliphatic carbocycles. The van der Waals surface area contributed by atoms with E-state index in [1.165, 1.54) is 6.20 Å². The van der Waals surface area contributed by atoms with Crippen LogP contribution in [0.3, 0.4) is 0 Å². The summed E-state index contributed by atoms with van der Waals surface area (Å²) in [5.41, 5.74) is 2.42. The van der Waals surface area contributed by atoms with Gasteiger partial charge in [0.05, 0.1) is 5.56 Å². The predicted molar refractivity (Wildman–Crippen MR) is 102 cm³/mol. The zero-order chi connectivity index (χ0) is 19.4. The number of piperidine rings is 1. The third-order valence-electron chi connectivity index (χ3n) is 4.62. The van der Waals surface area contributed by atoms with Crippen molar-refractivity contribution in [3.63, 3.8) is 0 Å². The molecular formula is C20H22F2N2O2S. The van der Waals surface area contributed by atoms with Crippen molar-refractivity contribution in [2.45, 2.75) is 43.6 Å². The van der Waals surface area contributed by atoms with Crippen LogP contribution in [-0.4, -0.2) is 40.7 Å². The molecule has 7 heteroatoms. The minimum absolute atomic E-state index is 0.0395. The quantitative estimate of drug-likeness (QED) is 0.692. The zero-order valence-electron chi connectivity index (χ0n) is 15.3. The van der Waals surface area contributed by atoms with Crippen LogP contribution >= 0.6 is 11.8 Å². The lowest BCUT2D eigenvalue weighted by Crippen LogP contribution is -2.42. The molecule has 1 fully saturated rings. The van der Waals surface area contributed by atoms with Crippen molar-refractivity contribution in [1.82, 2.24) is 9.88 Å². The number of pyridine rings is 1. The zero-order valence-corrected chi connectivity index (χ0v) is 16.1. The number of carbonyl (C=O) groups is 1. The lowest BCUT2D eigenvalue weighted by atomic mass is 10.1. The van der Waals surface area contributed by atoms with Gasteiger partial charge in [-0.1, -0.05) is 18.2 Å². The highest BCUT2D eigenvalue weighted by Crippen LogP contribution is 2.29. The number of benzene rings is 1. The third-order valence-corrected chi connectivity index (χ3v) is 5.35. The Balaban J connectivity index is 1.63. The number of hydrogen-bond donors (Lipinski definition) is 0. The van der Waals surface area contributed by atoms with Crippen LogP contribution in [0.5, 0.6) is 5.75 Å². The topological polar surface area (TPSA) is 42.4 Å². The summed E-state index contributed by atoms with van der Waals surface area (Å²) < 4.78 is 31.6. The molecule has 0 bridgehead atoms. The fourth-order valence-corrected chi connectivity index (χ4v) is 3.80. The number of ether oxygens (including phenoxy) is 1. The number of carbonyl (C=O) groups excluding carboxylic acids is 1. The second-order valence-electron chi connectivity index (χ2n) is 6.56. The second-order valence-corrected chi connectivity index (χ2v) is 7.54. The molecule has 0 N–H and O–H groups in total. The van der Waals surface area contributed by atoms with Crippen LogP contribution in [0.4, 0.5) is 8.78 Å². The van der Waals surface area contributed by atoms with Gasteiger partial charge < -0.3 is 9.64 Å². The number of halogens is 2. The summed E-state index contributed by atoms with van der Waals surface area (Å²) in [5, 5.41) is 0.0754. The van der Waals surface area contributed by atoms with E-state index in [9.17, 15) is 13.6 Å². The molecule has 1 aliphatic heterocycles. The maximum atomic E-state index is 12.8. The van der Waals surface area contributed by atoms with Crippen LogP contribution in [0.1, 0.15) is 34.3 Å². The second kappa shape index (κ2) is 8.69. The molecule has 0 saturated carbocycles. The van der Waals surface area contributed by atoms with E-state index in [4.69, 9.17) is 4.74 Å². The average molecular weight is 392 g/mol. The smallest absolute Gasteiger partial charge is 0.290 e. The molecule has 0 spiro atoms. The molecule has 0 unspecified atom stereocenters. The highest BCUT2D eigenvalue weighted by Gasteiger charge is 2.27. The minimum atomic E-state index is -2.61. The standard InChI is InChI=1S/C20H22F2N2O2S/c1-13-5-3-6-14(2)17(13)26-15-8-11-24(12-9-15)19(25)16-7-4-10-23-18(16)27-20(21)22/h3-7,10,15,20H,8-9,11-12H2,1-2H3. The van der Waals surface area contributed by atoms with Crippen molar-refractivity contribution in [3.05, 3.63) is 53.2 Å². The number of para-hydroxylation sites is 1. The van der Waals surface area contributed by atoms with E-state index in [0.29, 0.717) is 37.7 Å². The average Bonchev–Trinajstić information content (AvgIpc) is 2.65. The number of aryl methyl sites for hydroxylation is 2. The van der Waals surface area contributed by atoms with Crippen molar-refractivity contribution in [2.24, 2.45) is 0 Å². The van der Waals surface area contributed by atoms with Gasteiger partial charge in [0.2, 0.25) is 0 Å². The van der Waals surface area contributed by atoms with Crippen LogP contribution in [0, 0.1) is 13.8 Å². The highest BCUT2D eigenvalue weighted by molar-refractivity contribution is 7.99. The Labute approximate surface area is 161 Å². The largest absolute Gasteiger partial charge is 0.490 e. The Morgan fingerprint density at radius 2 is 1.85 bits per heavy atom. The number of alkyl halides is 2. The first-order valence-electron chi connectivity index (χ1n) is 8.87. The Morgan fingerprint density at radius 1 is 1.19 bits per heavy atom. The van der Waals surface area contributed by atoms with Crippen LogP contribution in [0.15, 0.2) is 41.6 Å². The summed E-state index contributed by atoms with van der Waals surface area (Å²) in [7, 11) is 0. The number of thioether (sulfide) groups is 1. The lowest BCUT2D eigenvalue weighted by Gasteiger charge is -2.33. The normalized spacial score (nSPS) is 15.2. The van der Waals surface area contributed by atoms with Crippen LogP contribution in [0.25, 0.3) is 0 Å². The number of aromatic nitrogens is 1. The van der Waals surface area contributed by atoms with E-state index in [1.807, 2.05) is 32.0 Å². The fourth-order valence-electron chi connectivity index (χ4n) is 3.23. The maximum Gasteiger partial charge on any atom is 0.290 e. The molecule has 27 heavy (non-hydrogen) atoms. The molecule has 1 aromatic carbocycles. The fraction of sp³-hybridized carbons (Fsp3) is 0.400. The van der Waals surface area contributed by atoms with Crippen LogP contribution < -0.4 is 4.74 Å². The summed E-state index contributed by atoms with van der Waals surface area (Å²) in [4.78, 5) is 18.4. The first-order valence-corrected chi connectivity index (χ1v) is 9.75. The minimum Gasteiger partial charge on any atom is -0.490 e. The summed E-state index contributed by atoms with van der Waals surface area (Å²) in [6.07, 6.45) is 2.87. The number of likely N-dealkylation sites (tertiary alicyclic amines) is 1. The lowest BCUT2D eigenvalue weighted by molar-refractivity contribution is 0.0589. The molecule has 2 aromatic rings. The Kier molecular flexibility index (Phi) is 6.31. The summed E-state index contributed by atoms with van der Waals surface area (Å²) >= 11 is 0.306. The predicted octanol–water partition coefficient (Wildman–Crippen LogP) is 4.70. The Morgan fingerprint density at radius 3 is 2.48 bits per heavy atom. The first-order chi connectivity index (χ1) is 13.0. The summed E-state index contributed by atoms with van der Waals surface area (Å²) in [5.74, 6) is -1.95. The summed E-state index contributed by atoms with van der Waals surface area (Å²) in [6.45, 7) is 5.10. The van der Waals surface area contributed by atoms with Gasteiger partial charge in [-0.05, 0) is 48.9 Å². The molecule has 0 atom stereocenters. The Bertz CT molecular complexity index is 788. The van der Waals surface area contributed by atoms with Crippen molar-refractivity contribution in [1.29, 1.82) is 0 Å². The molecule has 144 valence electrons. The van der Waals surface area contributed by atoms with Gasteiger partial charge in [-0.3, -0.25) is 4.79 Å². The van der Waals surface area contributed by atoms with Crippen LogP contribution in [0.2, 0.25) is 0 Å². The summed E-state index contributed by atoms with van der Waals surface area (Å²) in [6, 6.07) is 9.19. The van der Waals surface area contributed by atoms with Gasteiger partial charge in [-0.2, -0.15) is 8.78 Å². The van der Waals surface area contributed by atoms with E-state index < -0.39 is 5.76 Å². The number of amides is 1. The SMILES string of the molecule is Cc1cccc(C)c1OC1CCN(C(=O)c2cccnc2SC(F)F)CC1.